The zero-order valence-corrected chi connectivity index (χ0v) is 23.3. The van der Waals surface area contributed by atoms with Crippen molar-refractivity contribution in [2.24, 2.45) is 0 Å². The molecule has 0 aromatic heterocycles. The van der Waals surface area contributed by atoms with Crippen LogP contribution in [-0.2, 0) is 0 Å². The molecule has 3 heteroatoms. The van der Waals surface area contributed by atoms with Gasteiger partial charge >= 0.3 is 0 Å². The molecular formula is C38H33NO2. The van der Waals surface area contributed by atoms with E-state index in [0.717, 1.165) is 39.3 Å². The van der Waals surface area contributed by atoms with E-state index in [1.54, 1.807) is 24.3 Å². The molecule has 0 spiro atoms. The molecule has 0 fully saturated rings. The van der Waals surface area contributed by atoms with Gasteiger partial charge in [-0.05, 0) is 94.0 Å². The Hall–Kier alpha value is -5.28. The van der Waals surface area contributed by atoms with Crippen LogP contribution in [0.1, 0.15) is 13.8 Å². The van der Waals surface area contributed by atoms with Crippen molar-refractivity contribution < 1.29 is 10.2 Å². The van der Waals surface area contributed by atoms with Crippen LogP contribution < -0.4 is 4.90 Å². The summed E-state index contributed by atoms with van der Waals surface area (Å²) in [4.78, 5) is 2.25. The average molecular weight is 536 g/mol. The lowest BCUT2D eigenvalue weighted by Gasteiger charge is -2.26. The van der Waals surface area contributed by atoms with Crippen LogP contribution in [0.15, 0.2) is 152 Å². The third kappa shape index (κ3) is 6.32. The van der Waals surface area contributed by atoms with Gasteiger partial charge < -0.3 is 15.1 Å². The highest BCUT2D eigenvalue weighted by Crippen LogP contribution is 2.37. The minimum absolute atomic E-state index is 0.260. The Kier molecular flexibility index (Phi) is 8.46. The van der Waals surface area contributed by atoms with Gasteiger partial charge in [-0.25, -0.2) is 0 Å². The molecule has 0 aliphatic rings. The van der Waals surface area contributed by atoms with Crippen LogP contribution in [0, 0.1) is 0 Å². The van der Waals surface area contributed by atoms with Crippen LogP contribution >= 0.6 is 0 Å². The lowest BCUT2D eigenvalue weighted by atomic mass is 10.0. The van der Waals surface area contributed by atoms with Crippen molar-refractivity contribution >= 4 is 17.1 Å². The number of phenolic OH excluding ortho intramolecular Hbond substituents is 2. The summed E-state index contributed by atoms with van der Waals surface area (Å²) in [5.74, 6) is 0.521. The smallest absolute Gasteiger partial charge is 0.115 e. The maximum atomic E-state index is 9.65. The second kappa shape index (κ2) is 12.7. The molecule has 0 bridgehead atoms. The SMILES string of the molecule is CC.Oc1ccc(-c2ccc(N(c3ccc(-c4ccccc4)cc3)c3ccc(-c4ccc(O)cc4)cc3)cc2)cc1. The molecule has 41 heavy (non-hydrogen) atoms. The quantitative estimate of drug-likeness (QED) is 0.223. The summed E-state index contributed by atoms with van der Waals surface area (Å²) >= 11 is 0. The van der Waals surface area contributed by atoms with Gasteiger partial charge in [0.1, 0.15) is 11.5 Å². The molecular weight excluding hydrogens is 502 g/mol. The molecule has 0 atom stereocenters. The van der Waals surface area contributed by atoms with Gasteiger partial charge in [-0.3, -0.25) is 0 Å². The molecule has 0 radical (unpaired) electrons. The van der Waals surface area contributed by atoms with E-state index < -0.39 is 0 Å². The predicted octanol–water partition coefficient (Wildman–Crippen LogP) is 10.6. The van der Waals surface area contributed by atoms with Crippen molar-refractivity contribution in [3.05, 3.63) is 152 Å². The van der Waals surface area contributed by atoms with Crippen LogP contribution in [0.25, 0.3) is 33.4 Å². The minimum atomic E-state index is 0.260. The van der Waals surface area contributed by atoms with Crippen molar-refractivity contribution in [3.63, 3.8) is 0 Å². The zero-order chi connectivity index (χ0) is 28.6. The van der Waals surface area contributed by atoms with Crippen molar-refractivity contribution in [2.75, 3.05) is 4.90 Å². The summed E-state index contributed by atoms with van der Waals surface area (Å²) in [6.07, 6.45) is 0. The zero-order valence-electron chi connectivity index (χ0n) is 23.3. The van der Waals surface area contributed by atoms with Gasteiger partial charge in [-0.15, -0.1) is 0 Å². The lowest BCUT2D eigenvalue weighted by Crippen LogP contribution is -2.09. The molecule has 6 rings (SSSR count). The largest absolute Gasteiger partial charge is 0.508 e. The number of aromatic hydroxyl groups is 2. The van der Waals surface area contributed by atoms with E-state index in [-0.39, 0.29) is 11.5 Å². The molecule has 0 saturated carbocycles. The van der Waals surface area contributed by atoms with Crippen LogP contribution in [0.4, 0.5) is 17.1 Å². The Morgan fingerprint density at radius 2 is 0.561 bits per heavy atom. The third-order valence-electron chi connectivity index (χ3n) is 6.88. The van der Waals surface area contributed by atoms with Gasteiger partial charge in [0, 0.05) is 17.1 Å². The van der Waals surface area contributed by atoms with Crippen molar-refractivity contribution in [1.82, 2.24) is 0 Å². The Morgan fingerprint density at radius 3 is 0.854 bits per heavy atom. The van der Waals surface area contributed by atoms with E-state index in [1.165, 1.54) is 11.1 Å². The van der Waals surface area contributed by atoms with Gasteiger partial charge in [0.15, 0.2) is 0 Å². The third-order valence-corrected chi connectivity index (χ3v) is 6.88. The average Bonchev–Trinajstić information content (AvgIpc) is 3.04. The summed E-state index contributed by atoms with van der Waals surface area (Å²) < 4.78 is 0. The number of phenols is 2. The standard InChI is InChI=1S/C36H27NO2.C2H6/c38-35-22-12-30(13-23-35)28-8-18-33(19-9-28)37(32-16-6-27(7-17-32)26-4-2-1-3-5-26)34-20-10-29(11-21-34)31-14-24-36(39)25-15-31;1-2/h1-25,38-39H;1-2H3. The number of nitrogens with zero attached hydrogens (tertiary/aromatic N) is 1. The molecule has 3 nitrogen and oxygen atoms in total. The molecule has 0 aliphatic heterocycles. The molecule has 6 aromatic carbocycles. The Balaban J connectivity index is 0.00000165. The second-order valence-corrected chi connectivity index (χ2v) is 9.44. The summed E-state index contributed by atoms with van der Waals surface area (Å²) in [5.41, 5.74) is 9.78. The van der Waals surface area contributed by atoms with Crippen LogP contribution in [0.2, 0.25) is 0 Å². The summed E-state index contributed by atoms with van der Waals surface area (Å²) in [6, 6.07) is 50.5. The molecule has 6 aromatic rings. The number of anilines is 3. The highest BCUT2D eigenvalue weighted by molar-refractivity contribution is 5.81. The highest BCUT2D eigenvalue weighted by atomic mass is 16.3. The second-order valence-electron chi connectivity index (χ2n) is 9.44. The van der Waals surface area contributed by atoms with Crippen molar-refractivity contribution in [1.29, 1.82) is 0 Å². The number of hydrogen-bond donors (Lipinski definition) is 2. The topological polar surface area (TPSA) is 43.7 Å². The van der Waals surface area contributed by atoms with Gasteiger partial charge in [0.25, 0.3) is 0 Å². The highest BCUT2D eigenvalue weighted by Gasteiger charge is 2.14. The first-order valence-corrected chi connectivity index (χ1v) is 13.9. The normalized spacial score (nSPS) is 10.4. The van der Waals surface area contributed by atoms with Crippen LogP contribution in [-0.4, -0.2) is 10.2 Å². The number of hydrogen-bond acceptors (Lipinski definition) is 3. The van der Waals surface area contributed by atoms with E-state index in [0.29, 0.717) is 0 Å². The number of rotatable bonds is 6. The fourth-order valence-corrected chi connectivity index (χ4v) is 4.79. The molecule has 2 N–H and O–H groups in total. The fraction of sp³-hybridized carbons (Fsp3) is 0.0526. The summed E-state index contributed by atoms with van der Waals surface area (Å²) in [6.45, 7) is 4.00. The molecule has 202 valence electrons. The van der Waals surface area contributed by atoms with Gasteiger partial charge in [0.2, 0.25) is 0 Å². The fourth-order valence-electron chi connectivity index (χ4n) is 4.79. The predicted molar refractivity (Wildman–Crippen MR) is 172 cm³/mol. The van der Waals surface area contributed by atoms with E-state index >= 15 is 0 Å². The molecule has 0 heterocycles. The Bertz CT molecular complexity index is 1570. The van der Waals surface area contributed by atoms with E-state index in [2.05, 4.69) is 102 Å². The summed E-state index contributed by atoms with van der Waals surface area (Å²) in [7, 11) is 0. The molecule has 0 unspecified atom stereocenters. The number of benzene rings is 6. The van der Waals surface area contributed by atoms with Crippen molar-refractivity contribution in [3.8, 4) is 44.9 Å². The first-order chi connectivity index (χ1) is 20.1. The van der Waals surface area contributed by atoms with Gasteiger partial charge in [-0.2, -0.15) is 0 Å². The Morgan fingerprint density at radius 1 is 0.317 bits per heavy atom. The Labute approximate surface area is 242 Å². The van der Waals surface area contributed by atoms with Gasteiger partial charge in [0.05, 0.1) is 0 Å². The molecule has 0 amide bonds. The van der Waals surface area contributed by atoms with Crippen LogP contribution in [0.5, 0.6) is 11.5 Å². The van der Waals surface area contributed by atoms with E-state index in [4.69, 9.17) is 0 Å². The molecule has 0 aliphatic carbocycles. The maximum absolute atomic E-state index is 9.65. The monoisotopic (exact) mass is 535 g/mol. The minimum Gasteiger partial charge on any atom is -0.508 e. The maximum Gasteiger partial charge on any atom is 0.115 e. The van der Waals surface area contributed by atoms with E-state index in [1.807, 2.05) is 44.2 Å². The first kappa shape index (κ1) is 27.3. The lowest BCUT2D eigenvalue weighted by molar-refractivity contribution is 0.475. The summed E-state index contributed by atoms with van der Waals surface area (Å²) in [5, 5.41) is 19.3. The molecule has 0 saturated heterocycles. The van der Waals surface area contributed by atoms with Gasteiger partial charge in [-0.1, -0.05) is 105 Å². The van der Waals surface area contributed by atoms with Crippen LogP contribution in [0.3, 0.4) is 0 Å². The first-order valence-electron chi connectivity index (χ1n) is 13.9. The van der Waals surface area contributed by atoms with E-state index in [9.17, 15) is 10.2 Å². The van der Waals surface area contributed by atoms with Crippen molar-refractivity contribution in [2.45, 2.75) is 13.8 Å².